The molecule has 0 spiro atoms. The summed E-state index contributed by atoms with van der Waals surface area (Å²) in [6.45, 7) is 3.75. The van der Waals surface area contributed by atoms with Crippen molar-refractivity contribution >= 4 is 20.8 Å². The van der Waals surface area contributed by atoms with Crippen LogP contribution in [0.15, 0.2) is 41.3 Å². The van der Waals surface area contributed by atoms with Crippen molar-refractivity contribution in [3.63, 3.8) is 0 Å². The highest BCUT2D eigenvalue weighted by molar-refractivity contribution is 7.89. The van der Waals surface area contributed by atoms with Crippen LogP contribution in [0.3, 0.4) is 0 Å². The number of sulfonamides is 1. The Morgan fingerprint density at radius 1 is 1.03 bits per heavy atom. The Morgan fingerprint density at radius 2 is 1.85 bits per heavy atom. The van der Waals surface area contributed by atoms with Gasteiger partial charge in [0.1, 0.15) is 11.9 Å². The van der Waals surface area contributed by atoms with Crippen molar-refractivity contribution in [1.82, 2.24) is 9.62 Å². The predicted octanol–water partition coefficient (Wildman–Crippen LogP) is 5.42. The standard InChI is InChI=1S/C26H36N2O3S.CH2/c1-19(25-13-4-5-14-27-25)31-26-18-23(17-21-10-2-3-12-24(21)26)32(29,30)28-15-7-9-20-8-6-11-22(28)16-20;/h2-3,10,12,17-20,22,25,27H,4-9,11,13-16H2,1H3;1H2. The van der Waals surface area contributed by atoms with Crippen LogP contribution in [0.2, 0.25) is 0 Å². The Morgan fingerprint density at radius 3 is 2.67 bits per heavy atom. The average Bonchev–Trinajstić information content (AvgIpc) is 2.96. The number of nitrogens with zero attached hydrogens (tertiary/aromatic N) is 1. The molecular formula is C27H38N2O3S. The highest BCUT2D eigenvalue weighted by atomic mass is 32.2. The van der Waals surface area contributed by atoms with Gasteiger partial charge in [0.25, 0.3) is 0 Å². The molecule has 2 radical (unpaired) electrons. The molecule has 180 valence electrons. The lowest BCUT2D eigenvalue weighted by Crippen LogP contribution is -2.44. The van der Waals surface area contributed by atoms with Crippen molar-refractivity contribution in [2.24, 2.45) is 5.92 Å². The van der Waals surface area contributed by atoms with E-state index in [1.165, 1.54) is 19.3 Å². The maximum atomic E-state index is 13.9. The van der Waals surface area contributed by atoms with E-state index in [4.69, 9.17) is 4.74 Å². The molecule has 33 heavy (non-hydrogen) atoms. The third-order valence-electron chi connectivity index (χ3n) is 7.79. The number of fused-ring (bicyclic) bond motifs is 3. The number of ether oxygens (including phenoxy) is 1. The number of piperidine rings is 1. The molecule has 2 aromatic rings. The van der Waals surface area contributed by atoms with E-state index >= 15 is 0 Å². The maximum Gasteiger partial charge on any atom is 0.243 e. The second-order valence-corrected chi connectivity index (χ2v) is 11.9. The van der Waals surface area contributed by atoms with Gasteiger partial charge in [0, 0.05) is 30.1 Å². The van der Waals surface area contributed by atoms with Crippen molar-refractivity contribution in [3.05, 3.63) is 43.8 Å². The molecule has 1 aliphatic carbocycles. The van der Waals surface area contributed by atoms with Crippen LogP contribution >= 0.6 is 0 Å². The van der Waals surface area contributed by atoms with E-state index in [0.717, 1.165) is 55.8 Å². The van der Waals surface area contributed by atoms with E-state index in [1.807, 2.05) is 34.6 Å². The van der Waals surface area contributed by atoms with Crippen LogP contribution in [-0.2, 0) is 10.0 Å². The molecule has 4 unspecified atom stereocenters. The Labute approximate surface area is 199 Å². The van der Waals surface area contributed by atoms with Crippen LogP contribution in [0.5, 0.6) is 5.75 Å². The van der Waals surface area contributed by atoms with Gasteiger partial charge >= 0.3 is 0 Å². The molecule has 2 bridgehead atoms. The fraction of sp³-hybridized carbons (Fsp3) is 0.593. The van der Waals surface area contributed by atoms with Crippen molar-refractivity contribution in [1.29, 1.82) is 0 Å². The number of nitrogens with one attached hydrogen (secondary N) is 1. The largest absolute Gasteiger partial charge is 0.488 e. The van der Waals surface area contributed by atoms with Gasteiger partial charge in [-0.05, 0) is 69.4 Å². The normalized spacial score (nSPS) is 27.4. The van der Waals surface area contributed by atoms with Crippen LogP contribution in [0, 0.1) is 13.3 Å². The zero-order valence-corrected chi connectivity index (χ0v) is 20.7. The molecule has 0 amide bonds. The van der Waals surface area contributed by atoms with Crippen LogP contribution < -0.4 is 10.1 Å². The molecule has 4 atom stereocenters. The second kappa shape index (κ2) is 10.3. The molecule has 3 fully saturated rings. The van der Waals surface area contributed by atoms with Gasteiger partial charge in [-0.1, -0.05) is 51.0 Å². The summed E-state index contributed by atoms with van der Waals surface area (Å²) in [5.74, 6) is 1.37. The van der Waals surface area contributed by atoms with Crippen LogP contribution in [-0.4, -0.2) is 44.0 Å². The molecular weight excluding hydrogens is 432 g/mol. The Bertz CT molecular complexity index is 1050. The van der Waals surface area contributed by atoms with Gasteiger partial charge in [0.2, 0.25) is 10.0 Å². The lowest BCUT2D eigenvalue weighted by atomic mass is 9.84. The van der Waals surface area contributed by atoms with Gasteiger partial charge in [0.05, 0.1) is 4.90 Å². The minimum Gasteiger partial charge on any atom is -0.488 e. The molecule has 3 aliphatic rings. The van der Waals surface area contributed by atoms with E-state index < -0.39 is 10.0 Å². The van der Waals surface area contributed by atoms with E-state index in [1.54, 1.807) is 6.07 Å². The number of hydrogen-bond acceptors (Lipinski definition) is 4. The highest BCUT2D eigenvalue weighted by Gasteiger charge is 2.37. The van der Waals surface area contributed by atoms with Crippen LogP contribution in [0.4, 0.5) is 0 Å². The molecule has 6 heteroatoms. The van der Waals surface area contributed by atoms with Crippen molar-refractivity contribution in [2.45, 2.75) is 87.8 Å². The predicted molar refractivity (Wildman–Crippen MR) is 134 cm³/mol. The molecule has 5 nitrogen and oxygen atoms in total. The molecule has 1 saturated carbocycles. The first-order valence-corrected chi connectivity index (χ1v) is 13.9. The van der Waals surface area contributed by atoms with E-state index in [-0.39, 0.29) is 19.6 Å². The SMILES string of the molecule is CC(Oc1cc(S(=O)(=O)N2CCCC3CCCC2C3)cc2ccccc12)C1CCCCN1.[CH2]. The van der Waals surface area contributed by atoms with Gasteiger partial charge in [-0.2, -0.15) is 4.31 Å². The number of hydrogen-bond donors (Lipinski definition) is 1. The topological polar surface area (TPSA) is 58.6 Å². The van der Waals surface area contributed by atoms with Gasteiger partial charge in [-0.25, -0.2) is 8.42 Å². The minimum absolute atomic E-state index is 0. The van der Waals surface area contributed by atoms with Gasteiger partial charge in [-0.15, -0.1) is 0 Å². The number of benzene rings is 2. The molecule has 2 heterocycles. The zero-order valence-electron chi connectivity index (χ0n) is 19.8. The average molecular weight is 471 g/mol. The molecule has 1 N–H and O–H groups in total. The quantitative estimate of drug-likeness (QED) is 0.634. The third-order valence-corrected chi connectivity index (χ3v) is 9.71. The lowest BCUT2D eigenvalue weighted by Gasteiger charge is -2.33. The number of rotatable bonds is 5. The van der Waals surface area contributed by atoms with E-state index in [9.17, 15) is 8.42 Å². The molecule has 2 aliphatic heterocycles. The lowest BCUT2D eigenvalue weighted by molar-refractivity contribution is 0.154. The van der Waals surface area contributed by atoms with Crippen molar-refractivity contribution < 1.29 is 13.2 Å². The second-order valence-electron chi connectivity index (χ2n) is 9.97. The molecule has 2 aromatic carbocycles. The summed E-state index contributed by atoms with van der Waals surface area (Å²) in [4.78, 5) is 0.374. The first kappa shape index (κ1) is 24.5. The van der Waals surface area contributed by atoms with Gasteiger partial charge < -0.3 is 10.1 Å². The third kappa shape index (κ3) is 5.08. The first-order chi connectivity index (χ1) is 15.5. The summed E-state index contributed by atoms with van der Waals surface area (Å²) in [5, 5.41) is 5.46. The van der Waals surface area contributed by atoms with Crippen LogP contribution in [0.25, 0.3) is 10.8 Å². The minimum atomic E-state index is -3.57. The zero-order chi connectivity index (χ0) is 22.1. The Hall–Kier alpha value is -1.63. The highest BCUT2D eigenvalue weighted by Crippen LogP contribution is 2.38. The Kier molecular flexibility index (Phi) is 7.66. The summed E-state index contributed by atoms with van der Waals surface area (Å²) in [6, 6.07) is 12.0. The molecule has 0 aromatic heterocycles. The van der Waals surface area contributed by atoms with Crippen LogP contribution in [0.1, 0.15) is 64.7 Å². The molecule has 2 saturated heterocycles. The van der Waals surface area contributed by atoms with E-state index in [2.05, 4.69) is 12.2 Å². The van der Waals surface area contributed by atoms with Gasteiger partial charge in [0.15, 0.2) is 0 Å². The molecule has 5 rings (SSSR count). The summed E-state index contributed by atoms with van der Waals surface area (Å²) in [7, 11) is -3.57. The first-order valence-electron chi connectivity index (χ1n) is 12.5. The maximum absolute atomic E-state index is 13.9. The summed E-state index contributed by atoms with van der Waals surface area (Å²) < 4.78 is 36.0. The smallest absolute Gasteiger partial charge is 0.243 e. The fourth-order valence-electron chi connectivity index (χ4n) is 6.01. The summed E-state index contributed by atoms with van der Waals surface area (Å²) in [6.07, 6.45) is 9.99. The summed E-state index contributed by atoms with van der Waals surface area (Å²) in [5.41, 5.74) is 0. The fourth-order valence-corrected chi connectivity index (χ4v) is 7.77. The summed E-state index contributed by atoms with van der Waals surface area (Å²) >= 11 is 0. The monoisotopic (exact) mass is 470 g/mol. The van der Waals surface area contributed by atoms with Crippen molar-refractivity contribution in [2.75, 3.05) is 13.1 Å². The van der Waals surface area contributed by atoms with E-state index in [0.29, 0.717) is 29.1 Å². The Balaban J connectivity index is 0.00000259. The van der Waals surface area contributed by atoms with Crippen molar-refractivity contribution in [3.8, 4) is 5.75 Å². The van der Waals surface area contributed by atoms with Gasteiger partial charge in [-0.3, -0.25) is 0 Å².